The first-order valence-corrected chi connectivity index (χ1v) is 27.3. The maximum atomic E-state index is 13.6. The van der Waals surface area contributed by atoms with E-state index in [1.807, 2.05) is 0 Å². The molecule has 0 aromatic heterocycles. The fraction of sp³-hybridized carbons (Fsp3) is 0.475. The van der Waals surface area contributed by atoms with Gasteiger partial charge < -0.3 is 56.8 Å². The molecule has 2 aliphatic carbocycles. The molecule has 2 saturated carbocycles. The van der Waals surface area contributed by atoms with E-state index in [-0.39, 0.29) is 76.8 Å². The Morgan fingerprint density at radius 1 is 0.410 bits per heavy atom. The van der Waals surface area contributed by atoms with Crippen molar-refractivity contribution in [2.45, 2.75) is 111 Å². The van der Waals surface area contributed by atoms with Gasteiger partial charge in [0.05, 0.1) is 76.8 Å². The lowest BCUT2D eigenvalue weighted by Gasteiger charge is -2.27. The maximum absolute atomic E-state index is 13.6. The molecule has 0 N–H and O–H groups in total. The van der Waals surface area contributed by atoms with Crippen molar-refractivity contribution in [2.75, 3.05) is 53.9 Å². The highest BCUT2D eigenvalue weighted by Crippen LogP contribution is 2.39. The molecule has 448 valence electrons. The van der Waals surface area contributed by atoms with E-state index in [0.29, 0.717) is 104 Å². The van der Waals surface area contributed by atoms with Gasteiger partial charge in [0.1, 0.15) is 37.9 Å². The molecular formula is C61H72O22. The van der Waals surface area contributed by atoms with Gasteiger partial charge in [-0.25, -0.2) is 9.59 Å². The zero-order chi connectivity index (χ0) is 60.4. The van der Waals surface area contributed by atoms with E-state index in [4.69, 9.17) is 56.8 Å². The third-order valence-electron chi connectivity index (χ3n) is 13.9. The number of methoxy groups -OCH3 is 2. The maximum Gasteiger partial charge on any atom is 0.330 e. The van der Waals surface area contributed by atoms with Gasteiger partial charge >= 0.3 is 59.7 Å². The fourth-order valence-electron chi connectivity index (χ4n) is 9.05. The minimum atomic E-state index is -0.642. The normalized spacial score (nSPS) is 16.3. The Hall–Kier alpha value is -8.56. The first-order chi connectivity index (χ1) is 39.8. The van der Waals surface area contributed by atoms with Crippen LogP contribution in [0.25, 0.3) is 0 Å². The van der Waals surface area contributed by atoms with Crippen LogP contribution in [-0.4, -0.2) is 114 Å². The lowest BCUT2D eigenvalue weighted by molar-refractivity contribution is -0.152. The first-order valence-electron chi connectivity index (χ1n) is 27.3. The summed E-state index contributed by atoms with van der Waals surface area (Å²) in [7, 11) is 2.87. The summed E-state index contributed by atoms with van der Waals surface area (Å²) >= 11 is 0. The number of carbonyl (C=O) groups excluding carboxylic acids is 10. The number of hydrogen-bond acceptors (Lipinski definition) is 22. The van der Waals surface area contributed by atoms with E-state index in [1.165, 1.54) is 14.2 Å². The van der Waals surface area contributed by atoms with E-state index in [2.05, 4.69) is 13.2 Å². The number of ether oxygens (including phenoxy) is 12. The van der Waals surface area contributed by atoms with Crippen molar-refractivity contribution in [1.82, 2.24) is 0 Å². The standard InChI is InChI=1S/C61H72O22/c1-8-51(62)76-30-32-78-55(66)24-22-53(64)74-28-26-40-10-20-46(49(35-40)72-6)80-58(68)42-12-14-44(15-13-42)60(70)82-48-34-37(3)57(39(5)38(48)4)83-61(71)45-18-16-43(17-19-45)59(69)81-47-21-11-41(36-50(47)73-7)27-29-75-54(65)23-25-56(67)79-33-31-77-52(63)9-2/h8-11,20-21,34-36,42-45H,1-2,12-19,22-33H2,3-7H3/t42-,43-,44-,45-. The van der Waals surface area contributed by atoms with Gasteiger partial charge in [0.2, 0.25) is 0 Å². The first kappa shape index (κ1) is 65.3. The van der Waals surface area contributed by atoms with Crippen molar-refractivity contribution in [3.63, 3.8) is 0 Å². The predicted octanol–water partition coefficient (Wildman–Crippen LogP) is 7.54. The monoisotopic (exact) mass is 1160 g/mol. The Bertz CT molecular complexity index is 2830. The third kappa shape index (κ3) is 21.0. The van der Waals surface area contributed by atoms with E-state index < -0.39 is 83.4 Å². The summed E-state index contributed by atoms with van der Waals surface area (Å²) in [5, 5.41) is 0. The van der Waals surface area contributed by atoms with Gasteiger partial charge in [-0.2, -0.15) is 0 Å². The zero-order valence-corrected chi connectivity index (χ0v) is 47.5. The number of esters is 10. The van der Waals surface area contributed by atoms with Crippen LogP contribution in [0.3, 0.4) is 0 Å². The van der Waals surface area contributed by atoms with Gasteiger partial charge in [0.15, 0.2) is 23.0 Å². The van der Waals surface area contributed by atoms with Gasteiger partial charge in [-0.15, -0.1) is 0 Å². The molecule has 83 heavy (non-hydrogen) atoms. The molecular weight excluding hydrogens is 1080 g/mol. The van der Waals surface area contributed by atoms with Crippen LogP contribution in [0.1, 0.15) is 105 Å². The molecule has 3 aromatic rings. The molecule has 22 heteroatoms. The van der Waals surface area contributed by atoms with Crippen LogP contribution in [0.4, 0.5) is 0 Å². The smallest absolute Gasteiger partial charge is 0.330 e. The number of hydrogen-bond donors (Lipinski definition) is 0. The second kappa shape index (κ2) is 33.4. The van der Waals surface area contributed by atoms with E-state index in [1.54, 1.807) is 63.2 Å². The largest absolute Gasteiger partial charge is 0.493 e. The molecule has 0 spiro atoms. The average Bonchev–Trinajstić information content (AvgIpc) is 3.64. The summed E-state index contributed by atoms with van der Waals surface area (Å²) in [6.45, 7) is 11.3. The van der Waals surface area contributed by atoms with Crippen molar-refractivity contribution < 1.29 is 105 Å². The molecule has 0 unspecified atom stereocenters. The lowest BCUT2D eigenvalue weighted by atomic mass is 9.82. The third-order valence-corrected chi connectivity index (χ3v) is 13.9. The van der Waals surface area contributed by atoms with Gasteiger partial charge in [0, 0.05) is 25.0 Å². The molecule has 0 radical (unpaired) electrons. The highest BCUT2D eigenvalue weighted by Gasteiger charge is 2.35. The minimum absolute atomic E-state index is 0.0212. The number of benzene rings is 3. The van der Waals surface area contributed by atoms with Gasteiger partial charge in [-0.3, -0.25) is 38.4 Å². The average molecular weight is 1160 g/mol. The highest BCUT2D eigenvalue weighted by molar-refractivity contribution is 5.83. The zero-order valence-electron chi connectivity index (χ0n) is 47.5. The molecule has 0 amide bonds. The van der Waals surface area contributed by atoms with Crippen LogP contribution >= 0.6 is 0 Å². The summed E-state index contributed by atoms with van der Waals surface area (Å²) in [5.74, 6) is -5.68. The Balaban J connectivity index is 0.997. The summed E-state index contributed by atoms with van der Waals surface area (Å²) in [5.41, 5.74) is 3.32. The number of rotatable bonds is 30. The van der Waals surface area contributed by atoms with Gasteiger partial charge in [0.25, 0.3) is 0 Å². The van der Waals surface area contributed by atoms with Crippen molar-refractivity contribution in [3.8, 4) is 34.5 Å². The van der Waals surface area contributed by atoms with Crippen molar-refractivity contribution >= 4 is 59.7 Å². The highest BCUT2D eigenvalue weighted by atomic mass is 16.6. The van der Waals surface area contributed by atoms with Crippen LogP contribution in [0.2, 0.25) is 0 Å². The summed E-state index contributed by atoms with van der Waals surface area (Å²) < 4.78 is 64.1. The lowest BCUT2D eigenvalue weighted by Crippen LogP contribution is -2.31. The van der Waals surface area contributed by atoms with Crippen LogP contribution in [0.15, 0.2) is 67.8 Å². The van der Waals surface area contributed by atoms with Gasteiger partial charge in [-0.05, 0) is 130 Å². The second-order valence-corrected chi connectivity index (χ2v) is 19.6. The molecule has 2 fully saturated rings. The summed E-state index contributed by atoms with van der Waals surface area (Å²) in [6, 6.07) is 11.6. The van der Waals surface area contributed by atoms with Crippen LogP contribution in [-0.2, 0) is 89.2 Å². The van der Waals surface area contributed by atoms with Crippen LogP contribution < -0.4 is 28.4 Å². The van der Waals surface area contributed by atoms with Crippen LogP contribution in [0.5, 0.6) is 34.5 Å². The fourth-order valence-corrected chi connectivity index (χ4v) is 9.05. The Labute approximate surface area is 481 Å². The predicted molar refractivity (Wildman–Crippen MR) is 292 cm³/mol. The van der Waals surface area contributed by atoms with Gasteiger partial charge in [-0.1, -0.05) is 25.3 Å². The van der Waals surface area contributed by atoms with E-state index >= 15 is 0 Å². The summed E-state index contributed by atoms with van der Waals surface area (Å²) in [4.78, 5) is 124. The van der Waals surface area contributed by atoms with Crippen LogP contribution in [0, 0.1) is 44.4 Å². The molecule has 0 aliphatic heterocycles. The molecule has 22 nitrogen and oxygen atoms in total. The molecule has 0 bridgehead atoms. The van der Waals surface area contributed by atoms with Crippen molar-refractivity contribution in [3.05, 3.63) is 95.6 Å². The molecule has 0 saturated heterocycles. The van der Waals surface area contributed by atoms with E-state index in [0.717, 1.165) is 23.3 Å². The molecule has 0 heterocycles. The second-order valence-electron chi connectivity index (χ2n) is 19.6. The Morgan fingerprint density at radius 3 is 1.08 bits per heavy atom. The summed E-state index contributed by atoms with van der Waals surface area (Å²) in [6.07, 6.45) is 4.96. The SMILES string of the molecule is C=CC(=O)OCCOC(=O)CCC(=O)OCCc1ccc(OC(=O)[C@H]2CC[C@H](C(=O)Oc3cc(C)c(OC(=O)[C@H]4CC[C@H](C(=O)Oc5ccc(CCOC(=O)CCC(=O)OCCOC(=O)C=C)cc5OC)CC4)c(C)c3C)CC2)c(OC)c1. The minimum Gasteiger partial charge on any atom is -0.493 e. The Morgan fingerprint density at radius 2 is 0.735 bits per heavy atom. The van der Waals surface area contributed by atoms with E-state index in [9.17, 15) is 47.9 Å². The molecule has 2 aliphatic rings. The molecule has 0 atom stereocenters. The quantitative estimate of drug-likeness (QED) is 0.0205. The van der Waals surface area contributed by atoms with Crippen molar-refractivity contribution in [2.24, 2.45) is 23.7 Å². The number of aryl methyl sites for hydroxylation is 1. The molecule has 5 rings (SSSR count). The molecule has 3 aromatic carbocycles. The number of carbonyl (C=O) groups is 10. The topological polar surface area (TPSA) is 281 Å². The van der Waals surface area contributed by atoms with Crippen molar-refractivity contribution in [1.29, 1.82) is 0 Å². The Kier molecular flexibility index (Phi) is 26.2.